The Morgan fingerprint density at radius 2 is 2.28 bits per heavy atom. The molecule has 0 aliphatic rings. The molecule has 0 radical (unpaired) electrons. The van der Waals surface area contributed by atoms with Crippen LogP contribution in [0.4, 0.5) is 5.69 Å². The summed E-state index contributed by atoms with van der Waals surface area (Å²) in [6.45, 7) is 0.389. The summed E-state index contributed by atoms with van der Waals surface area (Å²) in [7, 11) is 1.81. The van der Waals surface area contributed by atoms with Gasteiger partial charge in [-0.15, -0.1) is 0 Å². The molecule has 0 atom stereocenters. The summed E-state index contributed by atoms with van der Waals surface area (Å²) >= 11 is 5.98. The van der Waals surface area contributed by atoms with Gasteiger partial charge in [0.2, 0.25) is 0 Å². The standard InChI is InChI=1S/C12H13ClN4O/c1-17-8(5-6-16-17)7-15-12(18)9-3-2-4-10(14)11(9)13/h2-6H,7,14H2,1H3,(H,15,18). The van der Waals surface area contributed by atoms with E-state index in [1.807, 2.05) is 13.1 Å². The second-order valence-electron chi connectivity index (χ2n) is 3.84. The van der Waals surface area contributed by atoms with Gasteiger partial charge in [0, 0.05) is 13.2 Å². The number of aromatic nitrogens is 2. The monoisotopic (exact) mass is 264 g/mol. The molecule has 0 bridgehead atoms. The third kappa shape index (κ3) is 2.46. The predicted molar refractivity (Wildman–Crippen MR) is 70.2 cm³/mol. The number of nitrogens with two attached hydrogens (primary N) is 1. The average Bonchev–Trinajstić information content (AvgIpc) is 2.75. The van der Waals surface area contributed by atoms with Gasteiger partial charge in [-0.3, -0.25) is 9.48 Å². The molecule has 0 fully saturated rings. The molecule has 2 aromatic rings. The Kier molecular flexibility index (Phi) is 3.53. The van der Waals surface area contributed by atoms with Gasteiger partial charge in [-0.25, -0.2) is 0 Å². The van der Waals surface area contributed by atoms with Gasteiger partial charge in [0.1, 0.15) is 0 Å². The molecule has 0 aliphatic heterocycles. The quantitative estimate of drug-likeness (QED) is 0.827. The lowest BCUT2D eigenvalue weighted by molar-refractivity contribution is 0.0950. The minimum absolute atomic E-state index is 0.256. The summed E-state index contributed by atoms with van der Waals surface area (Å²) in [6.07, 6.45) is 1.68. The van der Waals surface area contributed by atoms with E-state index in [2.05, 4.69) is 10.4 Å². The first-order valence-corrected chi connectivity index (χ1v) is 5.76. The van der Waals surface area contributed by atoms with Crippen molar-refractivity contribution in [1.82, 2.24) is 15.1 Å². The molecular formula is C12H13ClN4O. The van der Waals surface area contributed by atoms with Crippen LogP contribution in [0, 0.1) is 0 Å². The van der Waals surface area contributed by atoms with Crippen LogP contribution in [0.1, 0.15) is 16.1 Å². The van der Waals surface area contributed by atoms with Gasteiger partial charge >= 0.3 is 0 Å². The Morgan fingerprint density at radius 3 is 2.94 bits per heavy atom. The SMILES string of the molecule is Cn1nccc1CNC(=O)c1cccc(N)c1Cl. The Bertz CT molecular complexity index is 579. The summed E-state index contributed by atoms with van der Waals surface area (Å²) in [5, 5.41) is 7.07. The van der Waals surface area contributed by atoms with Crippen molar-refractivity contribution in [1.29, 1.82) is 0 Å². The number of hydrogen-bond donors (Lipinski definition) is 2. The molecule has 6 heteroatoms. The summed E-state index contributed by atoms with van der Waals surface area (Å²) in [6, 6.07) is 6.82. The van der Waals surface area contributed by atoms with Crippen molar-refractivity contribution >= 4 is 23.2 Å². The van der Waals surface area contributed by atoms with E-state index in [4.69, 9.17) is 17.3 Å². The van der Waals surface area contributed by atoms with Crippen molar-refractivity contribution in [2.45, 2.75) is 6.54 Å². The number of nitrogens with one attached hydrogen (secondary N) is 1. The third-order valence-corrected chi connectivity index (χ3v) is 3.05. The van der Waals surface area contributed by atoms with Gasteiger partial charge < -0.3 is 11.1 Å². The Labute approximate surface area is 110 Å². The van der Waals surface area contributed by atoms with Crippen LogP contribution in [-0.2, 0) is 13.6 Å². The molecule has 94 valence electrons. The highest BCUT2D eigenvalue weighted by Crippen LogP contribution is 2.22. The lowest BCUT2D eigenvalue weighted by Gasteiger charge is -2.08. The molecule has 0 aliphatic carbocycles. The van der Waals surface area contributed by atoms with Crippen molar-refractivity contribution in [3.63, 3.8) is 0 Å². The van der Waals surface area contributed by atoms with Gasteiger partial charge in [0.05, 0.1) is 28.5 Å². The molecule has 0 spiro atoms. The number of halogens is 1. The average molecular weight is 265 g/mol. The largest absolute Gasteiger partial charge is 0.398 e. The molecule has 3 N–H and O–H groups in total. The van der Waals surface area contributed by atoms with Crippen molar-refractivity contribution in [3.05, 3.63) is 46.7 Å². The summed E-state index contributed by atoms with van der Waals surface area (Å²) in [5.41, 5.74) is 7.32. The Morgan fingerprint density at radius 1 is 1.50 bits per heavy atom. The molecule has 0 saturated heterocycles. The molecule has 0 unspecified atom stereocenters. The number of nitrogens with zero attached hydrogens (tertiary/aromatic N) is 2. The second kappa shape index (κ2) is 5.10. The van der Waals surface area contributed by atoms with Crippen LogP contribution in [-0.4, -0.2) is 15.7 Å². The molecule has 1 aromatic carbocycles. The first-order chi connectivity index (χ1) is 8.59. The fourth-order valence-corrected chi connectivity index (χ4v) is 1.78. The highest BCUT2D eigenvalue weighted by molar-refractivity contribution is 6.36. The van der Waals surface area contributed by atoms with E-state index < -0.39 is 0 Å². The van der Waals surface area contributed by atoms with Crippen LogP contribution >= 0.6 is 11.6 Å². The lowest BCUT2D eigenvalue weighted by Crippen LogP contribution is -2.24. The first-order valence-electron chi connectivity index (χ1n) is 5.38. The zero-order chi connectivity index (χ0) is 13.1. The highest BCUT2D eigenvalue weighted by atomic mass is 35.5. The van der Waals surface area contributed by atoms with Crippen molar-refractivity contribution < 1.29 is 4.79 Å². The van der Waals surface area contributed by atoms with E-state index in [1.54, 1.807) is 29.1 Å². The van der Waals surface area contributed by atoms with E-state index in [9.17, 15) is 4.79 Å². The minimum atomic E-state index is -0.256. The number of carbonyl (C=O) groups excluding carboxylic acids is 1. The van der Waals surface area contributed by atoms with Crippen LogP contribution in [0.15, 0.2) is 30.5 Å². The molecule has 18 heavy (non-hydrogen) atoms. The van der Waals surface area contributed by atoms with E-state index in [0.717, 1.165) is 5.69 Å². The summed E-state index contributed by atoms with van der Waals surface area (Å²) in [4.78, 5) is 11.9. The number of carbonyl (C=O) groups is 1. The maximum atomic E-state index is 11.9. The first kappa shape index (κ1) is 12.4. The maximum Gasteiger partial charge on any atom is 0.253 e. The van der Waals surface area contributed by atoms with E-state index in [0.29, 0.717) is 17.8 Å². The topological polar surface area (TPSA) is 72.9 Å². The van der Waals surface area contributed by atoms with Gasteiger partial charge in [0.25, 0.3) is 5.91 Å². The van der Waals surface area contributed by atoms with Gasteiger partial charge in [-0.2, -0.15) is 5.10 Å². The van der Waals surface area contributed by atoms with Crippen LogP contribution in [0.5, 0.6) is 0 Å². The second-order valence-corrected chi connectivity index (χ2v) is 4.22. The number of hydrogen-bond acceptors (Lipinski definition) is 3. The number of nitrogen functional groups attached to an aromatic ring is 1. The zero-order valence-electron chi connectivity index (χ0n) is 9.85. The molecule has 1 heterocycles. The van der Waals surface area contributed by atoms with Crippen LogP contribution in [0.2, 0.25) is 5.02 Å². The minimum Gasteiger partial charge on any atom is -0.398 e. The summed E-state index contributed by atoms with van der Waals surface area (Å²) < 4.78 is 1.70. The van der Waals surface area contributed by atoms with E-state index >= 15 is 0 Å². The van der Waals surface area contributed by atoms with Gasteiger partial charge in [-0.1, -0.05) is 17.7 Å². The highest BCUT2D eigenvalue weighted by Gasteiger charge is 2.12. The normalized spacial score (nSPS) is 10.3. The van der Waals surface area contributed by atoms with Crippen LogP contribution in [0.25, 0.3) is 0 Å². The Balaban J connectivity index is 2.09. The number of anilines is 1. The molecule has 0 saturated carbocycles. The molecule has 2 rings (SSSR count). The number of aryl methyl sites for hydroxylation is 1. The predicted octanol–water partition coefficient (Wildman–Crippen LogP) is 1.59. The smallest absolute Gasteiger partial charge is 0.253 e. The number of rotatable bonds is 3. The maximum absolute atomic E-state index is 11.9. The number of benzene rings is 1. The molecule has 1 amide bonds. The molecule has 5 nitrogen and oxygen atoms in total. The Hall–Kier alpha value is -2.01. The van der Waals surface area contributed by atoms with Gasteiger partial charge in [0.15, 0.2) is 0 Å². The third-order valence-electron chi connectivity index (χ3n) is 2.63. The van der Waals surface area contributed by atoms with Crippen molar-refractivity contribution in [2.24, 2.45) is 7.05 Å². The van der Waals surface area contributed by atoms with Gasteiger partial charge in [-0.05, 0) is 18.2 Å². The lowest BCUT2D eigenvalue weighted by atomic mass is 10.2. The summed E-state index contributed by atoms with van der Waals surface area (Å²) in [5.74, 6) is -0.256. The van der Waals surface area contributed by atoms with Crippen molar-refractivity contribution in [3.8, 4) is 0 Å². The van der Waals surface area contributed by atoms with Crippen LogP contribution in [0.3, 0.4) is 0 Å². The fourth-order valence-electron chi connectivity index (χ4n) is 1.57. The zero-order valence-corrected chi connectivity index (χ0v) is 10.6. The molecular weight excluding hydrogens is 252 g/mol. The molecule has 1 aromatic heterocycles. The van der Waals surface area contributed by atoms with E-state index in [1.165, 1.54) is 0 Å². The van der Waals surface area contributed by atoms with Crippen LogP contribution < -0.4 is 11.1 Å². The number of amides is 1. The van der Waals surface area contributed by atoms with Crippen molar-refractivity contribution in [2.75, 3.05) is 5.73 Å². The van der Waals surface area contributed by atoms with E-state index in [-0.39, 0.29) is 10.9 Å². The fraction of sp³-hybridized carbons (Fsp3) is 0.167.